The average Bonchev–Trinajstić information content (AvgIpc) is 3.12. The van der Waals surface area contributed by atoms with Crippen LogP contribution in [0.5, 0.6) is 0 Å². The summed E-state index contributed by atoms with van der Waals surface area (Å²) in [5.41, 5.74) is 0.781. The first kappa shape index (κ1) is 16.4. The standard InChI is InChI=1S/C16H19F2NO3S/c17-13-7-5-12(6-8-13)16(11-3-1-2-4-11)19-10-14(9-15(19)20)23(18,21)22/h5-8,11,14,16H,1-4,9-10H2. The molecule has 2 atom stereocenters. The Morgan fingerprint density at radius 3 is 2.26 bits per heavy atom. The van der Waals surface area contributed by atoms with E-state index in [0.717, 1.165) is 31.2 Å². The van der Waals surface area contributed by atoms with Crippen LogP contribution < -0.4 is 0 Å². The number of hydrogen-bond donors (Lipinski definition) is 0. The van der Waals surface area contributed by atoms with Gasteiger partial charge in [-0.3, -0.25) is 4.79 Å². The number of amides is 1. The SMILES string of the molecule is O=C1CC(S(=O)(=O)F)CN1C(c1ccc(F)cc1)C1CCCC1. The highest BCUT2D eigenvalue weighted by atomic mass is 32.3. The number of rotatable bonds is 4. The number of carbonyl (C=O) groups is 1. The monoisotopic (exact) mass is 343 g/mol. The molecular weight excluding hydrogens is 324 g/mol. The van der Waals surface area contributed by atoms with Gasteiger partial charge in [0.15, 0.2) is 0 Å². The lowest BCUT2D eigenvalue weighted by Crippen LogP contribution is -2.35. The van der Waals surface area contributed by atoms with Crippen LogP contribution in [0.2, 0.25) is 0 Å². The summed E-state index contributed by atoms with van der Waals surface area (Å²) in [6.07, 6.45) is 3.64. The van der Waals surface area contributed by atoms with Crippen molar-refractivity contribution in [1.82, 2.24) is 4.90 Å². The fraction of sp³-hybridized carbons (Fsp3) is 0.562. The van der Waals surface area contributed by atoms with E-state index in [1.54, 1.807) is 12.1 Å². The Balaban J connectivity index is 1.92. The summed E-state index contributed by atoms with van der Waals surface area (Å²) in [6.45, 7) is -0.129. The number of likely N-dealkylation sites (tertiary alicyclic amines) is 1. The minimum atomic E-state index is -4.74. The van der Waals surface area contributed by atoms with Gasteiger partial charge in [-0.1, -0.05) is 25.0 Å². The van der Waals surface area contributed by atoms with Crippen molar-refractivity contribution >= 4 is 16.1 Å². The van der Waals surface area contributed by atoms with Gasteiger partial charge in [0.2, 0.25) is 5.91 Å². The smallest absolute Gasteiger partial charge is 0.307 e. The van der Waals surface area contributed by atoms with E-state index >= 15 is 0 Å². The molecule has 2 fully saturated rings. The van der Waals surface area contributed by atoms with Gasteiger partial charge in [0.1, 0.15) is 11.1 Å². The van der Waals surface area contributed by atoms with Gasteiger partial charge < -0.3 is 4.90 Å². The molecule has 0 aromatic heterocycles. The summed E-state index contributed by atoms with van der Waals surface area (Å²) in [6, 6.07) is 5.62. The molecular formula is C16H19F2NO3S. The molecule has 1 amide bonds. The maximum absolute atomic E-state index is 13.3. The van der Waals surface area contributed by atoms with Crippen molar-refractivity contribution in [3.63, 3.8) is 0 Å². The molecule has 23 heavy (non-hydrogen) atoms. The summed E-state index contributed by atoms with van der Waals surface area (Å²) in [5, 5.41) is -1.29. The molecule has 7 heteroatoms. The molecule has 0 bridgehead atoms. The van der Waals surface area contributed by atoms with Crippen LogP contribution in [0.1, 0.15) is 43.7 Å². The number of nitrogens with zero attached hydrogens (tertiary/aromatic N) is 1. The highest BCUT2D eigenvalue weighted by Crippen LogP contribution is 2.42. The highest BCUT2D eigenvalue weighted by Gasteiger charge is 2.44. The molecule has 0 spiro atoms. The lowest BCUT2D eigenvalue weighted by atomic mass is 9.90. The molecule has 4 nitrogen and oxygen atoms in total. The summed E-state index contributed by atoms with van der Waals surface area (Å²) >= 11 is 0. The van der Waals surface area contributed by atoms with Crippen molar-refractivity contribution in [2.75, 3.05) is 6.54 Å². The second-order valence-electron chi connectivity index (χ2n) is 6.39. The summed E-state index contributed by atoms with van der Waals surface area (Å²) in [4.78, 5) is 13.8. The molecule has 0 radical (unpaired) electrons. The molecule has 1 aliphatic heterocycles. The van der Waals surface area contributed by atoms with Crippen LogP contribution in [0.15, 0.2) is 24.3 Å². The summed E-state index contributed by atoms with van der Waals surface area (Å²) < 4.78 is 48.8. The van der Waals surface area contributed by atoms with E-state index in [9.17, 15) is 21.5 Å². The van der Waals surface area contributed by atoms with Crippen LogP contribution >= 0.6 is 0 Å². The van der Waals surface area contributed by atoms with Crippen molar-refractivity contribution in [3.05, 3.63) is 35.6 Å². The second kappa shape index (κ2) is 6.19. The topological polar surface area (TPSA) is 54.5 Å². The molecule has 2 unspecified atom stereocenters. The quantitative estimate of drug-likeness (QED) is 0.790. The maximum Gasteiger partial charge on any atom is 0.307 e. The van der Waals surface area contributed by atoms with E-state index < -0.39 is 15.5 Å². The first-order valence-corrected chi connectivity index (χ1v) is 9.29. The van der Waals surface area contributed by atoms with Gasteiger partial charge in [-0.25, -0.2) is 4.39 Å². The van der Waals surface area contributed by atoms with Crippen molar-refractivity contribution in [2.45, 2.75) is 43.4 Å². The first-order chi connectivity index (χ1) is 10.9. The third-order valence-electron chi connectivity index (χ3n) is 4.91. The molecule has 1 aromatic carbocycles. The van der Waals surface area contributed by atoms with Gasteiger partial charge >= 0.3 is 10.2 Å². The molecule has 1 aromatic rings. The Hall–Kier alpha value is -1.50. The van der Waals surface area contributed by atoms with E-state index in [1.807, 2.05) is 0 Å². The predicted octanol–water partition coefficient (Wildman–Crippen LogP) is 2.96. The van der Waals surface area contributed by atoms with E-state index in [1.165, 1.54) is 17.0 Å². The van der Waals surface area contributed by atoms with Crippen molar-refractivity contribution < 1.29 is 21.5 Å². The lowest BCUT2D eigenvalue weighted by Gasteiger charge is -2.33. The summed E-state index contributed by atoms with van der Waals surface area (Å²) in [7, 11) is -4.74. The van der Waals surface area contributed by atoms with E-state index in [2.05, 4.69) is 0 Å². The molecule has 3 rings (SSSR count). The van der Waals surface area contributed by atoms with Crippen LogP contribution in [0.4, 0.5) is 8.28 Å². The molecule has 1 aliphatic carbocycles. The van der Waals surface area contributed by atoms with E-state index in [-0.39, 0.29) is 36.6 Å². The van der Waals surface area contributed by atoms with E-state index in [0.29, 0.717) is 0 Å². The Morgan fingerprint density at radius 1 is 1.13 bits per heavy atom. The molecule has 1 saturated carbocycles. The summed E-state index contributed by atoms with van der Waals surface area (Å²) in [5.74, 6) is -0.515. The van der Waals surface area contributed by atoms with Crippen LogP contribution in [0.3, 0.4) is 0 Å². The fourth-order valence-corrected chi connectivity index (χ4v) is 4.48. The van der Waals surface area contributed by atoms with Gasteiger partial charge in [0.05, 0.1) is 6.04 Å². The zero-order valence-electron chi connectivity index (χ0n) is 12.6. The van der Waals surface area contributed by atoms with E-state index in [4.69, 9.17) is 0 Å². The Kier molecular flexibility index (Phi) is 4.40. The first-order valence-electron chi connectivity index (χ1n) is 7.84. The van der Waals surface area contributed by atoms with Crippen molar-refractivity contribution in [1.29, 1.82) is 0 Å². The molecule has 2 aliphatic rings. The minimum absolute atomic E-state index is 0.129. The van der Waals surface area contributed by atoms with Crippen LogP contribution in [-0.2, 0) is 15.0 Å². The number of halogens is 2. The molecule has 1 heterocycles. The normalized spacial score (nSPS) is 24.3. The maximum atomic E-state index is 13.3. The molecule has 126 valence electrons. The Bertz CT molecular complexity index is 684. The third kappa shape index (κ3) is 3.39. The second-order valence-corrected chi connectivity index (χ2v) is 8.01. The molecule has 0 N–H and O–H groups in total. The van der Waals surface area contributed by atoms with Crippen molar-refractivity contribution in [3.8, 4) is 0 Å². The zero-order chi connectivity index (χ0) is 16.6. The van der Waals surface area contributed by atoms with Crippen LogP contribution in [0, 0.1) is 11.7 Å². The lowest BCUT2D eigenvalue weighted by molar-refractivity contribution is -0.130. The largest absolute Gasteiger partial charge is 0.334 e. The van der Waals surface area contributed by atoms with Gasteiger partial charge in [-0.2, -0.15) is 8.42 Å². The number of benzene rings is 1. The zero-order valence-corrected chi connectivity index (χ0v) is 13.4. The van der Waals surface area contributed by atoms with Crippen molar-refractivity contribution in [2.24, 2.45) is 5.92 Å². The van der Waals surface area contributed by atoms with Gasteiger partial charge in [-0.15, -0.1) is 3.89 Å². The minimum Gasteiger partial charge on any atom is -0.334 e. The predicted molar refractivity (Wildman–Crippen MR) is 81.2 cm³/mol. The Morgan fingerprint density at radius 2 is 1.74 bits per heavy atom. The van der Waals surface area contributed by atoms with Crippen LogP contribution in [0.25, 0.3) is 0 Å². The average molecular weight is 343 g/mol. The number of hydrogen-bond acceptors (Lipinski definition) is 3. The van der Waals surface area contributed by atoms with Gasteiger partial charge in [0.25, 0.3) is 0 Å². The molecule has 1 saturated heterocycles. The fourth-order valence-electron chi connectivity index (χ4n) is 3.79. The van der Waals surface area contributed by atoms with Gasteiger partial charge in [-0.05, 0) is 36.5 Å². The number of carbonyl (C=O) groups excluding carboxylic acids is 1. The third-order valence-corrected chi connectivity index (χ3v) is 6.03. The highest BCUT2D eigenvalue weighted by molar-refractivity contribution is 7.87. The van der Waals surface area contributed by atoms with Gasteiger partial charge in [0, 0.05) is 13.0 Å². The van der Waals surface area contributed by atoms with Crippen LogP contribution in [-0.4, -0.2) is 31.0 Å². The Labute approximate surface area is 134 Å².